The second-order valence-electron chi connectivity index (χ2n) is 4.04. The summed E-state index contributed by atoms with van der Waals surface area (Å²) in [6.45, 7) is 0.0186. The number of hydrogen-bond donors (Lipinski definition) is 1. The Morgan fingerprint density at radius 2 is 1.79 bits per heavy atom. The predicted octanol–water partition coefficient (Wildman–Crippen LogP) is 1.94. The number of hydrogen-bond acceptors (Lipinski definition) is 2. The van der Waals surface area contributed by atoms with Crippen molar-refractivity contribution in [3.8, 4) is 0 Å². The molecule has 0 spiro atoms. The number of nitrogens with zero attached hydrogens (tertiary/aromatic N) is 1. The van der Waals surface area contributed by atoms with Crippen molar-refractivity contribution in [1.29, 1.82) is 0 Å². The maximum Gasteiger partial charge on any atom is 0.257 e. The van der Waals surface area contributed by atoms with Crippen LogP contribution in [0, 0.1) is 11.6 Å². The van der Waals surface area contributed by atoms with E-state index in [1.807, 2.05) is 0 Å². The fourth-order valence-electron chi connectivity index (χ4n) is 1.35. The summed E-state index contributed by atoms with van der Waals surface area (Å²) in [5, 5.41) is 2.30. The average molecular weight is 335 g/mol. The molecular formula is C12H13BrF2N2O2. The molecule has 1 aromatic rings. The minimum absolute atomic E-state index is 0.0186. The zero-order valence-electron chi connectivity index (χ0n) is 10.5. The number of amides is 2. The Morgan fingerprint density at radius 3 is 2.26 bits per heavy atom. The lowest BCUT2D eigenvalue weighted by molar-refractivity contribution is -0.128. The summed E-state index contributed by atoms with van der Waals surface area (Å²) >= 11 is 2.92. The summed E-state index contributed by atoms with van der Waals surface area (Å²) in [6, 6.07) is 2.01. The van der Waals surface area contributed by atoms with Gasteiger partial charge < -0.3 is 10.2 Å². The molecule has 0 aromatic heterocycles. The molecule has 0 fully saturated rings. The fraction of sp³-hybridized carbons (Fsp3) is 0.333. The molecule has 19 heavy (non-hydrogen) atoms. The lowest BCUT2D eigenvalue weighted by atomic mass is 10.2. The molecule has 4 nitrogen and oxygen atoms in total. The predicted molar refractivity (Wildman–Crippen MR) is 69.7 cm³/mol. The molecule has 0 aliphatic heterocycles. The summed E-state index contributed by atoms with van der Waals surface area (Å²) in [4.78, 5) is 24.2. The van der Waals surface area contributed by atoms with E-state index in [0.29, 0.717) is 0 Å². The van der Waals surface area contributed by atoms with Crippen LogP contribution in [-0.2, 0) is 4.79 Å². The third-order valence-corrected chi connectivity index (χ3v) is 2.82. The highest BCUT2D eigenvalue weighted by Crippen LogP contribution is 2.19. The number of nitrogens with one attached hydrogen (secondary N) is 1. The van der Waals surface area contributed by atoms with Gasteiger partial charge in [-0.15, -0.1) is 0 Å². The molecule has 0 heterocycles. The maximum atomic E-state index is 13.5. The van der Waals surface area contributed by atoms with Crippen LogP contribution >= 0.6 is 15.9 Å². The van der Waals surface area contributed by atoms with Crippen molar-refractivity contribution in [2.24, 2.45) is 0 Å². The Morgan fingerprint density at radius 1 is 1.26 bits per heavy atom. The summed E-state index contributed by atoms with van der Waals surface area (Å²) in [7, 11) is 3.16. The number of benzene rings is 1. The van der Waals surface area contributed by atoms with Crippen molar-refractivity contribution in [1.82, 2.24) is 10.2 Å². The summed E-state index contributed by atoms with van der Waals surface area (Å²) in [5.74, 6) is -2.97. The molecule has 1 rings (SSSR count). The minimum Gasteiger partial charge on any atom is -0.351 e. The maximum absolute atomic E-state index is 13.5. The van der Waals surface area contributed by atoms with Gasteiger partial charge in [0.05, 0.1) is 0 Å². The van der Waals surface area contributed by atoms with Crippen LogP contribution in [0.25, 0.3) is 0 Å². The lowest BCUT2D eigenvalue weighted by Crippen LogP contribution is -2.31. The van der Waals surface area contributed by atoms with Gasteiger partial charge in [0.15, 0.2) is 0 Å². The van der Waals surface area contributed by atoms with Crippen molar-refractivity contribution in [2.45, 2.75) is 6.42 Å². The minimum atomic E-state index is -0.955. The van der Waals surface area contributed by atoms with E-state index in [4.69, 9.17) is 0 Å². The van der Waals surface area contributed by atoms with E-state index in [-0.39, 0.29) is 23.3 Å². The van der Waals surface area contributed by atoms with Gasteiger partial charge in [0.1, 0.15) is 17.2 Å². The van der Waals surface area contributed by atoms with Gasteiger partial charge in [-0.25, -0.2) is 8.78 Å². The van der Waals surface area contributed by atoms with Gasteiger partial charge in [-0.1, -0.05) is 15.9 Å². The van der Waals surface area contributed by atoms with E-state index < -0.39 is 23.1 Å². The Bertz CT molecular complexity index is 483. The van der Waals surface area contributed by atoms with Crippen molar-refractivity contribution < 1.29 is 18.4 Å². The second kappa shape index (κ2) is 6.60. The normalized spacial score (nSPS) is 10.2. The molecule has 0 bridgehead atoms. The molecule has 1 N–H and O–H groups in total. The molecule has 0 unspecified atom stereocenters. The van der Waals surface area contributed by atoms with Crippen LogP contribution in [0.2, 0.25) is 0 Å². The first kappa shape index (κ1) is 15.6. The topological polar surface area (TPSA) is 49.4 Å². The van der Waals surface area contributed by atoms with E-state index >= 15 is 0 Å². The number of halogens is 3. The van der Waals surface area contributed by atoms with Crippen molar-refractivity contribution >= 4 is 27.7 Å². The Hall–Kier alpha value is -1.50. The smallest absolute Gasteiger partial charge is 0.257 e. The SMILES string of the molecule is CN(C)C(=O)CCNC(=O)c1c(F)cc(Br)cc1F. The van der Waals surface area contributed by atoms with E-state index in [0.717, 1.165) is 12.1 Å². The van der Waals surface area contributed by atoms with Crippen LogP contribution in [0.15, 0.2) is 16.6 Å². The van der Waals surface area contributed by atoms with Crippen molar-refractivity contribution in [3.05, 3.63) is 33.8 Å². The van der Waals surface area contributed by atoms with Crippen LogP contribution in [0.4, 0.5) is 8.78 Å². The highest BCUT2D eigenvalue weighted by molar-refractivity contribution is 9.10. The third-order valence-electron chi connectivity index (χ3n) is 2.36. The first-order chi connectivity index (χ1) is 8.82. The number of rotatable bonds is 4. The van der Waals surface area contributed by atoms with Gasteiger partial charge >= 0.3 is 0 Å². The van der Waals surface area contributed by atoms with Crippen molar-refractivity contribution in [2.75, 3.05) is 20.6 Å². The van der Waals surface area contributed by atoms with Gasteiger partial charge in [0.2, 0.25) is 5.91 Å². The van der Waals surface area contributed by atoms with Crippen LogP contribution in [-0.4, -0.2) is 37.4 Å². The lowest BCUT2D eigenvalue weighted by Gasteiger charge is -2.11. The van der Waals surface area contributed by atoms with E-state index in [1.165, 1.54) is 4.90 Å². The first-order valence-corrected chi connectivity index (χ1v) is 6.25. The Kier molecular flexibility index (Phi) is 5.41. The molecule has 7 heteroatoms. The first-order valence-electron chi connectivity index (χ1n) is 5.46. The van der Waals surface area contributed by atoms with Crippen LogP contribution < -0.4 is 5.32 Å². The Balaban J connectivity index is 2.67. The molecular weight excluding hydrogens is 322 g/mol. The molecule has 1 aromatic carbocycles. The van der Waals surface area contributed by atoms with E-state index in [9.17, 15) is 18.4 Å². The highest BCUT2D eigenvalue weighted by Gasteiger charge is 2.18. The molecule has 0 atom stereocenters. The Labute approximate surface area is 117 Å². The molecule has 0 radical (unpaired) electrons. The summed E-state index contributed by atoms with van der Waals surface area (Å²) in [5.41, 5.74) is -0.652. The van der Waals surface area contributed by atoms with Gasteiger partial charge in [-0.05, 0) is 12.1 Å². The largest absolute Gasteiger partial charge is 0.351 e. The monoisotopic (exact) mass is 334 g/mol. The van der Waals surface area contributed by atoms with Gasteiger partial charge in [-0.2, -0.15) is 0 Å². The molecule has 0 aliphatic carbocycles. The molecule has 0 saturated heterocycles. The standard InChI is InChI=1S/C12H13BrF2N2O2/c1-17(2)10(18)3-4-16-12(19)11-8(14)5-7(13)6-9(11)15/h5-6H,3-4H2,1-2H3,(H,16,19). The molecule has 0 saturated carbocycles. The zero-order valence-corrected chi connectivity index (χ0v) is 12.1. The van der Waals surface area contributed by atoms with Gasteiger partial charge in [0.25, 0.3) is 5.91 Å². The van der Waals surface area contributed by atoms with Crippen LogP contribution in [0.5, 0.6) is 0 Å². The number of carbonyl (C=O) groups is 2. The number of carbonyl (C=O) groups excluding carboxylic acids is 2. The van der Waals surface area contributed by atoms with Crippen LogP contribution in [0.3, 0.4) is 0 Å². The van der Waals surface area contributed by atoms with Crippen molar-refractivity contribution in [3.63, 3.8) is 0 Å². The quantitative estimate of drug-likeness (QED) is 0.914. The van der Waals surface area contributed by atoms with Gasteiger partial charge in [-0.3, -0.25) is 9.59 Å². The fourth-order valence-corrected chi connectivity index (χ4v) is 1.76. The summed E-state index contributed by atoms with van der Waals surface area (Å²) < 4.78 is 27.1. The third kappa shape index (κ3) is 4.27. The zero-order chi connectivity index (χ0) is 14.6. The van der Waals surface area contributed by atoms with E-state index in [2.05, 4.69) is 21.2 Å². The summed E-state index contributed by atoms with van der Waals surface area (Å²) in [6.07, 6.45) is 0.0680. The average Bonchev–Trinajstić information content (AvgIpc) is 2.26. The van der Waals surface area contributed by atoms with E-state index in [1.54, 1.807) is 14.1 Å². The van der Waals surface area contributed by atoms with Crippen LogP contribution in [0.1, 0.15) is 16.8 Å². The molecule has 0 aliphatic rings. The molecule has 2 amide bonds. The second-order valence-corrected chi connectivity index (χ2v) is 4.95. The van der Waals surface area contributed by atoms with Gasteiger partial charge in [0, 0.05) is 31.5 Å². The highest BCUT2D eigenvalue weighted by atomic mass is 79.9. The molecule has 104 valence electrons.